The van der Waals surface area contributed by atoms with Gasteiger partial charge >= 0.3 is 0 Å². The van der Waals surface area contributed by atoms with Crippen LogP contribution in [0.3, 0.4) is 0 Å². The van der Waals surface area contributed by atoms with Crippen LogP contribution in [-0.2, 0) is 6.54 Å². The highest BCUT2D eigenvalue weighted by atomic mass is 16.3. The van der Waals surface area contributed by atoms with Crippen molar-refractivity contribution in [2.45, 2.75) is 63.6 Å². The normalized spacial score (nSPS) is 23.2. The number of nitrogens with one attached hydrogen (secondary N) is 2. The summed E-state index contributed by atoms with van der Waals surface area (Å²) < 4.78 is 1.42. The van der Waals surface area contributed by atoms with Crippen LogP contribution in [0.25, 0.3) is 0 Å². The van der Waals surface area contributed by atoms with Crippen LogP contribution >= 0.6 is 0 Å². The number of rotatable bonds is 2. The third kappa shape index (κ3) is 3.90. The number of hydrogen-bond acceptors (Lipinski definition) is 4. The molecule has 0 spiro atoms. The zero-order valence-corrected chi connectivity index (χ0v) is 13.3. The monoisotopic (exact) mass is 320 g/mol. The summed E-state index contributed by atoms with van der Waals surface area (Å²) in [5.74, 6) is -0.544. The van der Waals surface area contributed by atoms with Crippen LogP contribution in [0.4, 0.5) is 0 Å². The fourth-order valence-electron chi connectivity index (χ4n) is 3.27. The van der Waals surface area contributed by atoms with Crippen molar-refractivity contribution in [3.63, 3.8) is 0 Å². The van der Waals surface area contributed by atoms with Gasteiger partial charge < -0.3 is 15.7 Å². The van der Waals surface area contributed by atoms with E-state index in [0.717, 1.165) is 25.7 Å². The molecular weight excluding hydrogens is 296 g/mol. The van der Waals surface area contributed by atoms with Gasteiger partial charge in [-0.25, -0.2) is 0 Å². The molecule has 0 radical (unpaired) electrons. The minimum atomic E-state index is -0.693. The maximum Gasteiger partial charge on any atom is 0.272 e. The van der Waals surface area contributed by atoms with Gasteiger partial charge in [0.15, 0.2) is 5.69 Å². The van der Waals surface area contributed by atoms with E-state index >= 15 is 0 Å². The molecule has 23 heavy (non-hydrogen) atoms. The predicted octanol–water partition coefficient (Wildman–Crippen LogP) is 0.830. The number of hydrogen-bond donors (Lipinski definition) is 3. The average molecular weight is 320 g/mol. The number of aliphatic hydroxyl groups excluding tert-OH is 1. The van der Waals surface area contributed by atoms with E-state index in [-0.39, 0.29) is 36.6 Å². The van der Waals surface area contributed by atoms with Crippen LogP contribution in [0.15, 0.2) is 6.07 Å². The van der Waals surface area contributed by atoms with E-state index in [9.17, 15) is 14.7 Å². The van der Waals surface area contributed by atoms with E-state index in [2.05, 4.69) is 15.7 Å². The van der Waals surface area contributed by atoms with Crippen LogP contribution in [0.2, 0.25) is 0 Å². The molecule has 3 N–H and O–H groups in total. The van der Waals surface area contributed by atoms with E-state index in [1.807, 2.05) is 0 Å². The zero-order chi connectivity index (χ0) is 16.2. The molecule has 0 unspecified atom stereocenters. The van der Waals surface area contributed by atoms with Gasteiger partial charge in [-0.1, -0.05) is 32.1 Å². The lowest BCUT2D eigenvalue weighted by molar-refractivity contribution is 0.0922. The maximum atomic E-state index is 12.4. The summed E-state index contributed by atoms with van der Waals surface area (Å²) in [5, 5.41) is 19.6. The molecule has 1 aliphatic heterocycles. The fourth-order valence-corrected chi connectivity index (χ4v) is 3.27. The van der Waals surface area contributed by atoms with Crippen molar-refractivity contribution in [3.8, 4) is 0 Å². The lowest BCUT2D eigenvalue weighted by Crippen LogP contribution is -2.35. The van der Waals surface area contributed by atoms with E-state index in [1.165, 1.54) is 30.0 Å². The topological polar surface area (TPSA) is 96.2 Å². The van der Waals surface area contributed by atoms with E-state index in [4.69, 9.17) is 0 Å². The molecular formula is C16H24N4O3. The largest absolute Gasteiger partial charge is 0.389 e. The van der Waals surface area contributed by atoms with Crippen LogP contribution < -0.4 is 10.6 Å². The van der Waals surface area contributed by atoms with Crippen LogP contribution in [0.1, 0.15) is 65.9 Å². The first-order valence-corrected chi connectivity index (χ1v) is 8.48. The summed E-state index contributed by atoms with van der Waals surface area (Å²) in [5.41, 5.74) is 0.565. The van der Waals surface area contributed by atoms with Crippen molar-refractivity contribution in [2.24, 2.45) is 0 Å². The molecule has 1 saturated carbocycles. The summed E-state index contributed by atoms with van der Waals surface area (Å²) in [6, 6.07) is 1.69. The third-order valence-electron chi connectivity index (χ3n) is 4.57. The molecule has 0 saturated heterocycles. The summed E-state index contributed by atoms with van der Waals surface area (Å²) in [7, 11) is 0. The van der Waals surface area contributed by atoms with E-state index < -0.39 is 6.10 Å². The predicted molar refractivity (Wildman–Crippen MR) is 84.1 cm³/mol. The zero-order valence-electron chi connectivity index (χ0n) is 13.3. The minimum Gasteiger partial charge on any atom is -0.389 e. The average Bonchev–Trinajstić information content (AvgIpc) is 2.86. The first-order chi connectivity index (χ1) is 11.1. The first-order valence-electron chi connectivity index (χ1n) is 8.48. The number of carbonyl (C=O) groups excluding carboxylic acids is 2. The molecule has 2 heterocycles. The van der Waals surface area contributed by atoms with Crippen LogP contribution in [0.5, 0.6) is 0 Å². The van der Waals surface area contributed by atoms with Gasteiger partial charge in [0, 0.05) is 18.7 Å². The van der Waals surface area contributed by atoms with E-state index in [1.54, 1.807) is 0 Å². The fraction of sp³-hybridized carbons (Fsp3) is 0.688. The van der Waals surface area contributed by atoms with Crippen molar-refractivity contribution < 1.29 is 14.7 Å². The van der Waals surface area contributed by atoms with Crippen LogP contribution in [0, 0.1) is 0 Å². The standard InChI is InChI=1S/C16H24N4O3/c21-12-9-17-16(23)14-8-13(19-20(14)10-12)15(22)18-11-6-4-2-1-3-5-7-11/h8,11-12,21H,1-7,9-10H2,(H,17,23)(H,18,22)/t12-/m0/s1. The van der Waals surface area contributed by atoms with Crippen molar-refractivity contribution in [1.29, 1.82) is 0 Å². The second-order valence-corrected chi connectivity index (χ2v) is 6.48. The molecule has 2 amide bonds. The summed E-state index contributed by atoms with van der Waals surface area (Å²) in [4.78, 5) is 24.4. The molecule has 7 heteroatoms. The third-order valence-corrected chi connectivity index (χ3v) is 4.57. The molecule has 7 nitrogen and oxygen atoms in total. The highest BCUT2D eigenvalue weighted by molar-refractivity contribution is 5.98. The highest BCUT2D eigenvalue weighted by Gasteiger charge is 2.25. The molecule has 126 valence electrons. The Hall–Kier alpha value is -1.89. The lowest BCUT2D eigenvalue weighted by atomic mass is 9.96. The summed E-state index contributed by atoms with van der Waals surface area (Å²) in [6.07, 6.45) is 7.31. The number of amides is 2. The molecule has 1 atom stereocenters. The maximum absolute atomic E-state index is 12.4. The van der Waals surface area contributed by atoms with Gasteiger partial charge in [0.25, 0.3) is 11.8 Å². The quantitative estimate of drug-likeness (QED) is 0.752. The number of fused-ring (bicyclic) bond motifs is 1. The van der Waals surface area contributed by atoms with Crippen molar-refractivity contribution in [1.82, 2.24) is 20.4 Å². The second kappa shape index (κ2) is 7.12. The van der Waals surface area contributed by atoms with Gasteiger partial charge in [-0.05, 0) is 12.8 Å². The number of nitrogens with zero attached hydrogens (tertiary/aromatic N) is 2. The molecule has 2 aliphatic rings. The SMILES string of the molecule is O=C(NC1CCCCCCC1)c1cc2n(n1)C[C@@H](O)CNC2=O. The van der Waals surface area contributed by atoms with Crippen LogP contribution in [-0.4, -0.2) is 45.4 Å². The van der Waals surface area contributed by atoms with Gasteiger partial charge in [0.2, 0.25) is 0 Å². The van der Waals surface area contributed by atoms with Gasteiger partial charge in [-0.3, -0.25) is 14.3 Å². The van der Waals surface area contributed by atoms with Gasteiger partial charge in [0.1, 0.15) is 5.69 Å². The van der Waals surface area contributed by atoms with Gasteiger partial charge in [-0.2, -0.15) is 5.10 Å². The molecule has 0 bridgehead atoms. The first kappa shape index (κ1) is 16.0. The van der Waals surface area contributed by atoms with Crippen molar-refractivity contribution in [3.05, 3.63) is 17.5 Å². The number of β-amino-alcohol motifs (C(OH)–C–C–N with tert-alkyl or cyclic N) is 1. The van der Waals surface area contributed by atoms with E-state index in [0.29, 0.717) is 5.69 Å². The Bertz CT molecular complexity index is 576. The second-order valence-electron chi connectivity index (χ2n) is 6.48. The number of aliphatic hydroxyl groups is 1. The number of carbonyl (C=O) groups is 2. The minimum absolute atomic E-state index is 0.184. The van der Waals surface area contributed by atoms with Gasteiger partial charge in [0.05, 0.1) is 12.6 Å². The Morgan fingerprint density at radius 2 is 1.96 bits per heavy atom. The van der Waals surface area contributed by atoms with Crippen molar-refractivity contribution in [2.75, 3.05) is 6.54 Å². The summed E-state index contributed by atoms with van der Waals surface area (Å²) >= 11 is 0. The Balaban J connectivity index is 1.69. The molecule has 3 rings (SSSR count). The molecule has 1 aliphatic carbocycles. The Morgan fingerprint density at radius 1 is 1.26 bits per heavy atom. The molecule has 1 aromatic rings. The molecule has 0 aromatic carbocycles. The number of aromatic nitrogens is 2. The van der Waals surface area contributed by atoms with Gasteiger partial charge in [-0.15, -0.1) is 0 Å². The Labute approximate surface area is 135 Å². The summed E-state index contributed by atoms with van der Waals surface area (Å²) in [6.45, 7) is 0.413. The van der Waals surface area contributed by atoms with Crippen molar-refractivity contribution >= 4 is 11.8 Å². The molecule has 1 fully saturated rings. The molecule has 1 aromatic heterocycles. The Morgan fingerprint density at radius 3 is 2.70 bits per heavy atom. The lowest BCUT2D eigenvalue weighted by Gasteiger charge is -2.20. The highest BCUT2D eigenvalue weighted by Crippen LogP contribution is 2.18. The smallest absolute Gasteiger partial charge is 0.272 e. The Kier molecular flexibility index (Phi) is 4.95.